The number of nitrogen functional groups attached to an aromatic ring is 1. The maximum absolute atomic E-state index is 14.9. The molecule has 6 aromatic rings. The van der Waals surface area contributed by atoms with Gasteiger partial charge in [-0.25, -0.2) is 14.8 Å². The molecule has 23 heteroatoms. The zero-order valence-electron chi connectivity index (χ0n) is 52.1. The van der Waals surface area contributed by atoms with E-state index in [1.54, 1.807) is 80.8 Å². The van der Waals surface area contributed by atoms with Crippen LogP contribution in [0.4, 0.5) is 22.0 Å². The lowest BCUT2D eigenvalue weighted by molar-refractivity contribution is -0.159. The van der Waals surface area contributed by atoms with E-state index in [1.807, 2.05) is 54.8 Å². The van der Waals surface area contributed by atoms with Gasteiger partial charge in [-0.3, -0.25) is 48.1 Å². The van der Waals surface area contributed by atoms with Crippen molar-refractivity contribution < 1.29 is 62.5 Å². The Bertz CT molecular complexity index is 3630. The highest BCUT2D eigenvalue weighted by atomic mass is 16.6. The molecule has 1 fully saturated rings. The Labute approximate surface area is 528 Å². The van der Waals surface area contributed by atoms with Crippen LogP contribution >= 0.6 is 0 Å². The Hall–Kier alpha value is -9.51. The van der Waals surface area contributed by atoms with Gasteiger partial charge in [0.1, 0.15) is 29.3 Å². The van der Waals surface area contributed by atoms with Crippen LogP contribution in [-0.2, 0) is 72.2 Å². The van der Waals surface area contributed by atoms with Gasteiger partial charge in [-0.15, -0.1) is 0 Å². The van der Waals surface area contributed by atoms with Gasteiger partial charge in [0, 0.05) is 91.8 Å². The fourth-order valence-corrected chi connectivity index (χ4v) is 11.6. The highest BCUT2D eigenvalue weighted by Crippen LogP contribution is 2.43. The average Bonchev–Trinajstić information content (AvgIpc) is 1.68. The van der Waals surface area contributed by atoms with Crippen LogP contribution in [0.25, 0.3) is 28.0 Å². The molecule has 1 unspecified atom stereocenters. The molecular weight excluding hydrogens is 1160 g/mol. The van der Waals surface area contributed by atoms with Crippen molar-refractivity contribution >= 4 is 104 Å². The molecule has 1 aliphatic rings. The summed E-state index contributed by atoms with van der Waals surface area (Å²) in [6.07, 6.45) is 6.29. The predicted molar refractivity (Wildman–Crippen MR) is 343 cm³/mol. The molecule has 3 aromatic carbocycles. The number of anilines is 3. The summed E-state index contributed by atoms with van der Waals surface area (Å²) in [5.41, 5.74) is 14.5. The number of aromatic nitrogens is 4. The number of hydrogen-bond donors (Lipinski definition) is 7. The Balaban J connectivity index is 1.03. The minimum absolute atomic E-state index is 0.0599. The number of benzene rings is 3. The molecule has 5 amide bonds. The van der Waals surface area contributed by atoms with Crippen molar-refractivity contribution in [1.82, 2.24) is 30.2 Å². The first-order valence-electron chi connectivity index (χ1n) is 30.9. The number of carbonyl (C=O) groups is 10. The number of hydrogen-bond acceptors (Lipinski definition) is 16. The van der Waals surface area contributed by atoms with E-state index in [-0.39, 0.29) is 88.6 Å². The number of nitrogens with two attached hydrogens (primary N) is 2. The van der Waals surface area contributed by atoms with Crippen molar-refractivity contribution in [2.24, 2.45) is 23.0 Å². The largest absolute Gasteiger partial charge is 0.481 e. The second-order valence-corrected chi connectivity index (χ2v) is 23.8. The molecule has 9 N–H and O–H groups in total. The summed E-state index contributed by atoms with van der Waals surface area (Å²) in [7, 11) is 0. The van der Waals surface area contributed by atoms with Crippen LogP contribution in [0.1, 0.15) is 140 Å². The normalized spacial score (nSPS) is 14.0. The van der Waals surface area contributed by atoms with Crippen LogP contribution < -0.4 is 32.7 Å². The molecule has 7 rings (SSSR count). The SMILES string of the molecule is CCOCc1nc2c(N)nc3ccccc3c2n1CC(C)(C)OC(=O)CCC(=O)C(C(N)=O)C(=O)C1(CC(=O)[C@H](CCCC(=O)O)NC(=O)[C@H](CCCCNC(=O)/C=C/c2cccnc2)CC(=O)Cc2ccc(NC(=O)Nc3ccccc3C)cc2)CCCCC1. The molecule has 3 atom stereocenters. The van der Waals surface area contributed by atoms with E-state index in [1.165, 1.54) is 6.08 Å². The number of ether oxygens (including phenoxy) is 2. The molecule has 3 heterocycles. The fourth-order valence-electron chi connectivity index (χ4n) is 11.6. The molecule has 0 aliphatic heterocycles. The third-order valence-corrected chi connectivity index (χ3v) is 16.2. The summed E-state index contributed by atoms with van der Waals surface area (Å²) in [5, 5.41) is 21.6. The van der Waals surface area contributed by atoms with Crippen LogP contribution in [-0.4, -0.2) is 108 Å². The van der Waals surface area contributed by atoms with E-state index in [4.69, 9.17) is 25.9 Å². The molecule has 1 aliphatic carbocycles. The number of carboxylic acids is 1. The second-order valence-electron chi connectivity index (χ2n) is 23.8. The number of Topliss-reactive ketones (excluding diaryl/α,β-unsaturated/α-hetero) is 4. The number of carboxylic acid groups (broad SMARTS) is 1. The van der Waals surface area contributed by atoms with E-state index in [2.05, 4.69) is 31.2 Å². The Morgan fingerprint density at radius 3 is 2.26 bits per heavy atom. The van der Waals surface area contributed by atoms with E-state index in [0.717, 1.165) is 16.5 Å². The van der Waals surface area contributed by atoms with Crippen LogP contribution in [0.5, 0.6) is 0 Å². The highest BCUT2D eigenvalue weighted by molar-refractivity contribution is 6.20. The molecule has 91 heavy (non-hydrogen) atoms. The maximum Gasteiger partial charge on any atom is 0.323 e. The third-order valence-electron chi connectivity index (χ3n) is 16.2. The van der Waals surface area contributed by atoms with Gasteiger partial charge in [0.15, 0.2) is 29.1 Å². The van der Waals surface area contributed by atoms with Gasteiger partial charge in [0.2, 0.25) is 17.7 Å². The van der Waals surface area contributed by atoms with Crippen LogP contribution in [0, 0.1) is 24.2 Å². The first-order valence-corrected chi connectivity index (χ1v) is 30.9. The summed E-state index contributed by atoms with van der Waals surface area (Å²) in [4.78, 5) is 150. The molecule has 1 saturated carbocycles. The van der Waals surface area contributed by atoms with Crippen LogP contribution in [0.15, 0.2) is 103 Å². The van der Waals surface area contributed by atoms with Gasteiger partial charge in [0.05, 0.1) is 30.0 Å². The van der Waals surface area contributed by atoms with Crippen molar-refractivity contribution in [2.75, 3.05) is 29.5 Å². The Morgan fingerprint density at radius 1 is 0.824 bits per heavy atom. The number of urea groups is 1. The first kappa shape index (κ1) is 69.0. The van der Waals surface area contributed by atoms with E-state index in [0.29, 0.717) is 78.0 Å². The zero-order valence-corrected chi connectivity index (χ0v) is 52.1. The average molecular weight is 1250 g/mol. The number of rotatable bonds is 35. The quantitative estimate of drug-likeness (QED) is 0.00845. The Morgan fingerprint density at radius 2 is 1.56 bits per heavy atom. The molecule has 482 valence electrons. The lowest BCUT2D eigenvalue weighted by atomic mass is 9.64. The first-order chi connectivity index (χ1) is 43.5. The molecule has 3 aromatic heterocycles. The van der Waals surface area contributed by atoms with E-state index < -0.39 is 95.3 Å². The number of esters is 1. The van der Waals surface area contributed by atoms with Gasteiger partial charge >= 0.3 is 18.0 Å². The maximum atomic E-state index is 14.9. The van der Waals surface area contributed by atoms with Gasteiger partial charge in [-0.2, -0.15) is 0 Å². The summed E-state index contributed by atoms with van der Waals surface area (Å²) in [6.45, 7) is 7.90. The van der Waals surface area contributed by atoms with Gasteiger partial charge < -0.3 is 51.9 Å². The van der Waals surface area contributed by atoms with Gasteiger partial charge in [0.25, 0.3) is 0 Å². The van der Waals surface area contributed by atoms with Crippen molar-refractivity contribution in [1.29, 1.82) is 0 Å². The van der Waals surface area contributed by atoms with Crippen molar-refractivity contribution in [3.05, 3.63) is 126 Å². The number of aliphatic carboxylic acids is 1. The third kappa shape index (κ3) is 20.0. The Kier molecular flexibility index (Phi) is 24.9. The molecule has 0 saturated heterocycles. The molecule has 23 nitrogen and oxygen atoms in total. The van der Waals surface area contributed by atoms with E-state index in [9.17, 15) is 53.1 Å². The number of imidazole rings is 1. The van der Waals surface area contributed by atoms with Crippen LogP contribution in [0.2, 0.25) is 0 Å². The number of unbranched alkanes of at least 4 members (excludes halogenated alkanes) is 1. The van der Waals surface area contributed by atoms with Crippen molar-refractivity contribution in [3.63, 3.8) is 0 Å². The number of primary amides is 1. The second kappa shape index (κ2) is 32.8. The number of para-hydroxylation sites is 2. The standard InChI is InChI=1S/C68H82N10O13/c1-5-90-41-55-77-60-61(49-20-8-10-22-51(49)74-63(60)69)78(55)42-67(3,4)91-58(85)32-30-53(80)59(64(70)87)62(86)68(33-12-6-13-34-68)39-54(81)52(23-15-24-57(83)84)75-65(88)46(19-11-14-36-72-56(82)31-27-45-18-16-35-71-40-45)38-48(79)37-44-25-28-47(29-26-44)73-66(89)76-50-21-9-7-17-43(50)2/h7-10,16-18,20-22,25-29,31,35,40,46,52,59H,5-6,11-15,19,23-24,30,32-34,36-39,41-42H2,1-4H3,(H2,69,74)(H2,70,87)(H,72,82)(H,75,88)(H,83,84)(H2,73,76,89)/b31-27+/t46-,52+,59?/m1/s1. The topological polar surface area (TPSA) is 353 Å². The summed E-state index contributed by atoms with van der Waals surface area (Å²) in [6, 6.07) is 23.1. The summed E-state index contributed by atoms with van der Waals surface area (Å²) in [5.74, 6) is -9.36. The lowest BCUT2D eigenvalue weighted by Gasteiger charge is -2.38. The molecule has 0 spiro atoms. The van der Waals surface area contributed by atoms with Gasteiger partial charge in [-0.1, -0.05) is 80.3 Å². The van der Waals surface area contributed by atoms with Crippen molar-refractivity contribution in [2.45, 2.75) is 155 Å². The lowest BCUT2D eigenvalue weighted by Crippen LogP contribution is -2.50. The smallest absolute Gasteiger partial charge is 0.323 e. The molecular formula is C68H82N10O13. The number of pyridine rings is 2. The fraction of sp³-hybridized carbons (Fsp3) is 0.426. The summed E-state index contributed by atoms with van der Waals surface area (Å²) < 4.78 is 13.6. The number of nitrogens with one attached hydrogen (secondary N) is 4. The summed E-state index contributed by atoms with van der Waals surface area (Å²) >= 11 is 0. The number of aryl methyl sites for hydroxylation is 1. The number of fused-ring (bicyclic) bond motifs is 3. The molecule has 0 radical (unpaired) electrons. The number of nitrogens with zero attached hydrogens (tertiary/aromatic N) is 4. The zero-order chi connectivity index (χ0) is 65.7. The van der Waals surface area contributed by atoms with Crippen molar-refractivity contribution in [3.8, 4) is 0 Å². The minimum Gasteiger partial charge on any atom is -0.481 e. The molecule has 0 bridgehead atoms. The predicted octanol–water partition coefficient (Wildman–Crippen LogP) is 8.86. The van der Waals surface area contributed by atoms with E-state index >= 15 is 0 Å². The number of carbonyl (C=O) groups excluding carboxylic acids is 9. The minimum atomic E-state index is -2.04. The van der Waals surface area contributed by atoms with Crippen LogP contribution in [0.3, 0.4) is 0 Å². The number of amides is 5. The highest BCUT2D eigenvalue weighted by Gasteiger charge is 2.49. The number of ketones is 4. The monoisotopic (exact) mass is 1250 g/mol. The van der Waals surface area contributed by atoms with Gasteiger partial charge in [-0.05, 0) is 119 Å².